The second-order valence-corrected chi connectivity index (χ2v) is 5.59. The average Bonchev–Trinajstić information content (AvgIpc) is 2.83. The first-order valence-electron chi connectivity index (χ1n) is 7.03. The van der Waals surface area contributed by atoms with Gasteiger partial charge < -0.3 is 10.8 Å². The van der Waals surface area contributed by atoms with Gasteiger partial charge in [0, 0.05) is 10.7 Å². The number of nitrogen functional groups attached to an aromatic ring is 1. The molecule has 24 heavy (non-hydrogen) atoms. The van der Waals surface area contributed by atoms with Gasteiger partial charge in [-0.25, -0.2) is 4.68 Å². The second-order valence-electron chi connectivity index (χ2n) is 5.15. The topological polar surface area (TPSA) is 109 Å². The van der Waals surface area contributed by atoms with Gasteiger partial charge in [0.25, 0.3) is 5.56 Å². The van der Waals surface area contributed by atoms with Gasteiger partial charge in [-0.3, -0.25) is 9.89 Å². The molecule has 4 N–H and O–H groups in total. The molecule has 0 fully saturated rings. The van der Waals surface area contributed by atoms with Crippen LogP contribution in [0.3, 0.4) is 0 Å². The van der Waals surface area contributed by atoms with E-state index in [1.54, 1.807) is 31.2 Å². The van der Waals surface area contributed by atoms with E-state index in [1.807, 2.05) is 0 Å². The molecule has 0 aliphatic rings. The lowest BCUT2D eigenvalue weighted by Crippen LogP contribution is -2.14. The third kappa shape index (κ3) is 3.02. The molecule has 0 saturated carbocycles. The third-order valence-electron chi connectivity index (χ3n) is 3.36. The fourth-order valence-corrected chi connectivity index (χ4v) is 2.35. The molecule has 2 aromatic carbocycles. The van der Waals surface area contributed by atoms with Gasteiger partial charge in [0.1, 0.15) is 11.4 Å². The van der Waals surface area contributed by atoms with Gasteiger partial charge in [0.15, 0.2) is 5.69 Å². The van der Waals surface area contributed by atoms with E-state index in [1.165, 1.54) is 22.9 Å². The summed E-state index contributed by atoms with van der Waals surface area (Å²) >= 11 is 5.86. The summed E-state index contributed by atoms with van der Waals surface area (Å²) in [4.78, 5) is 12.5. The summed E-state index contributed by atoms with van der Waals surface area (Å²) in [7, 11) is 0. The zero-order valence-electron chi connectivity index (χ0n) is 12.7. The van der Waals surface area contributed by atoms with Gasteiger partial charge in [-0.1, -0.05) is 17.7 Å². The van der Waals surface area contributed by atoms with Crippen molar-refractivity contribution in [3.63, 3.8) is 0 Å². The highest BCUT2D eigenvalue weighted by atomic mass is 35.5. The van der Waals surface area contributed by atoms with Gasteiger partial charge >= 0.3 is 0 Å². The number of aromatic hydroxyl groups is 1. The summed E-state index contributed by atoms with van der Waals surface area (Å²) < 4.78 is 1.33. The number of rotatable bonds is 3. The number of anilines is 1. The molecule has 1 aromatic heterocycles. The predicted octanol–water partition coefficient (Wildman–Crippen LogP) is 3.83. The number of halogens is 1. The van der Waals surface area contributed by atoms with Crippen molar-refractivity contribution in [1.82, 2.24) is 9.78 Å². The van der Waals surface area contributed by atoms with Crippen LogP contribution in [-0.2, 0) is 0 Å². The lowest BCUT2D eigenvalue weighted by atomic mass is 10.3. The van der Waals surface area contributed by atoms with E-state index in [-0.39, 0.29) is 22.7 Å². The summed E-state index contributed by atoms with van der Waals surface area (Å²) in [6.07, 6.45) is 0. The van der Waals surface area contributed by atoms with Crippen molar-refractivity contribution in [2.75, 3.05) is 5.73 Å². The van der Waals surface area contributed by atoms with Crippen molar-refractivity contribution in [3.8, 4) is 11.4 Å². The quantitative estimate of drug-likeness (QED) is 0.496. The Morgan fingerprint density at radius 3 is 2.75 bits per heavy atom. The summed E-state index contributed by atoms with van der Waals surface area (Å²) in [5.41, 5.74) is 7.36. The number of benzene rings is 2. The van der Waals surface area contributed by atoms with Crippen LogP contribution in [0, 0.1) is 6.92 Å². The SMILES string of the molecule is Cc1[nH]n(-c2cccc(N)c2)c(=O)c1N=Nc1cc(Cl)ccc1O. The molecule has 0 spiro atoms. The molecule has 0 saturated heterocycles. The standard InChI is InChI=1S/C16H14ClN5O2/c1-9-15(20-19-13-7-10(17)5-6-14(13)23)16(24)22(21-9)12-4-2-3-11(18)8-12/h2-8,21,23H,18H2,1H3. The van der Waals surface area contributed by atoms with Crippen molar-refractivity contribution in [3.05, 3.63) is 63.5 Å². The van der Waals surface area contributed by atoms with Gasteiger partial charge in [-0.05, 0) is 43.3 Å². The van der Waals surface area contributed by atoms with Crippen LogP contribution < -0.4 is 11.3 Å². The largest absolute Gasteiger partial charge is 0.506 e. The molecule has 0 aliphatic heterocycles. The second kappa shape index (κ2) is 6.21. The van der Waals surface area contributed by atoms with Crippen molar-refractivity contribution in [2.24, 2.45) is 10.2 Å². The molecular weight excluding hydrogens is 330 g/mol. The number of nitrogens with zero attached hydrogens (tertiary/aromatic N) is 3. The molecule has 122 valence electrons. The Bertz CT molecular complexity index is 990. The number of aromatic amines is 1. The van der Waals surface area contributed by atoms with E-state index in [0.717, 1.165) is 0 Å². The van der Waals surface area contributed by atoms with Crippen LogP contribution in [0.1, 0.15) is 5.69 Å². The number of azo groups is 1. The van der Waals surface area contributed by atoms with Crippen LogP contribution in [0.4, 0.5) is 17.1 Å². The van der Waals surface area contributed by atoms with Crippen LogP contribution in [0.25, 0.3) is 5.69 Å². The highest BCUT2D eigenvalue weighted by Crippen LogP contribution is 2.30. The number of nitrogens with two attached hydrogens (primary N) is 1. The van der Waals surface area contributed by atoms with E-state index in [2.05, 4.69) is 15.3 Å². The Kier molecular flexibility index (Phi) is 4.09. The molecular formula is C16H14ClN5O2. The number of H-pyrrole nitrogens is 1. The zero-order valence-corrected chi connectivity index (χ0v) is 13.4. The molecule has 3 rings (SSSR count). The van der Waals surface area contributed by atoms with Crippen molar-refractivity contribution >= 4 is 28.7 Å². The third-order valence-corrected chi connectivity index (χ3v) is 3.60. The summed E-state index contributed by atoms with van der Waals surface area (Å²) in [5, 5.41) is 21.0. The molecule has 3 aromatic rings. The van der Waals surface area contributed by atoms with Crippen LogP contribution in [0.2, 0.25) is 5.02 Å². The highest BCUT2D eigenvalue weighted by molar-refractivity contribution is 6.30. The molecule has 0 amide bonds. The van der Waals surface area contributed by atoms with E-state index in [0.29, 0.717) is 22.1 Å². The number of hydrogen-bond donors (Lipinski definition) is 3. The van der Waals surface area contributed by atoms with Crippen LogP contribution in [0.5, 0.6) is 5.75 Å². The van der Waals surface area contributed by atoms with Gasteiger partial charge in [-0.15, -0.1) is 10.2 Å². The molecule has 0 bridgehead atoms. The average molecular weight is 344 g/mol. The number of nitrogens with one attached hydrogen (secondary N) is 1. The molecule has 1 heterocycles. The Balaban J connectivity index is 2.02. The maximum absolute atomic E-state index is 12.5. The van der Waals surface area contributed by atoms with Crippen LogP contribution >= 0.6 is 11.6 Å². The monoisotopic (exact) mass is 343 g/mol. The highest BCUT2D eigenvalue weighted by Gasteiger charge is 2.12. The van der Waals surface area contributed by atoms with Gasteiger partial charge in [0.05, 0.1) is 11.4 Å². The van der Waals surface area contributed by atoms with Crippen molar-refractivity contribution in [1.29, 1.82) is 0 Å². The van der Waals surface area contributed by atoms with E-state index in [4.69, 9.17) is 17.3 Å². The number of phenols is 1. The van der Waals surface area contributed by atoms with Crippen molar-refractivity contribution < 1.29 is 5.11 Å². The lowest BCUT2D eigenvalue weighted by molar-refractivity contribution is 0.476. The van der Waals surface area contributed by atoms with Gasteiger partial charge in [0.2, 0.25) is 0 Å². The molecule has 7 nitrogen and oxygen atoms in total. The maximum atomic E-state index is 12.5. The molecule has 0 radical (unpaired) electrons. The normalized spacial score (nSPS) is 11.2. The number of aryl methyl sites for hydroxylation is 1. The maximum Gasteiger partial charge on any atom is 0.299 e. The minimum atomic E-state index is -0.372. The first kappa shape index (κ1) is 15.8. The van der Waals surface area contributed by atoms with Crippen LogP contribution in [-0.4, -0.2) is 14.9 Å². The first-order chi connectivity index (χ1) is 11.5. The first-order valence-corrected chi connectivity index (χ1v) is 7.41. The smallest absolute Gasteiger partial charge is 0.299 e. The fraction of sp³-hybridized carbons (Fsp3) is 0.0625. The minimum absolute atomic E-state index is 0.0764. The number of phenolic OH excluding ortho intramolecular Hbond substituents is 1. The summed E-state index contributed by atoms with van der Waals surface area (Å²) in [6.45, 7) is 1.70. The van der Waals surface area contributed by atoms with Crippen molar-refractivity contribution in [2.45, 2.75) is 6.92 Å². The Morgan fingerprint density at radius 1 is 1.21 bits per heavy atom. The fourth-order valence-electron chi connectivity index (χ4n) is 2.18. The lowest BCUT2D eigenvalue weighted by Gasteiger charge is -2.01. The van der Waals surface area contributed by atoms with Gasteiger partial charge in [-0.2, -0.15) is 0 Å². The Labute approximate surface area is 142 Å². The minimum Gasteiger partial charge on any atom is -0.506 e. The predicted molar refractivity (Wildman–Crippen MR) is 92.8 cm³/mol. The van der Waals surface area contributed by atoms with E-state index >= 15 is 0 Å². The van der Waals surface area contributed by atoms with Crippen LogP contribution in [0.15, 0.2) is 57.5 Å². The number of hydrogen-bond acceptors (Lipinski definition) is 5. The Morgan fingerprint density at radius 2 is 2.00 bits per heavy atom. The molecule has 8 heteroatoms. The number of aromatic nitrogens is 2. The van der Waals surface area contributed by atoms with E-state index < -0.39 is 0 Å². The molecule has 0 unspecified atom stereocenters. The molecule has 0 atom stereocenters. The van der Waals surface area contributed by atoms with E-state index in [9.17, 15) is 9.90 Å². The summed E-state index contributed by atoms with van der Waals surface area (Å²) in [5.74, 6) is -0.0764. The molecule has 0 aliphatic carbocycles. The Hall–Kier alpha value is -3.06. The zero-order chi connectivity index (χ0) is 17.3. The summed E-state index contributed by atoms with van der Waals surface area (Å²) in [6, 6.07) is 11.3.